The van der Waals surface area contributed by atoms with Gasteiger partial charge in [0.1, 0.15) is 12.6 Å². The molecule has 0 fully saturated rings. The number of anilines is 1. The average Bonchev–Trinajstić information content (AvgIpc) is 2.74. The molecule has 0 amide bonds. The molecule has 1 atom stereocenters. The van der Waals surface area contributed by atoms with Crippen molar-refractivity contribution >= 4 is 11.7 Å². The maximum absolute atomic E-state index is 12.6. The SMILES string of the molecule is CN(CC1COC(N)=N1)c1cccc(C(F)(F)F)c1. The lowest BCUT2D eigenvalue weighted by molar-refractivity contribution is -0.137. The molecule has 1 unspecified atom stereocenters. The largest absolute Gasteiger partial charge is 0.463 e. The van der Waals surface area contributed by atoms with E-state index in [0.717, 1.165) is 12.1 Å². The Hall–Kier alpha value is -1.92. The van der Waals surface area contributed by atoms with Crippen molar-refractivity contribution < 1.29 is 17.9 Å². The minimum atomic E-state index is -4.34. The normalized spacial score (nSPS) is 18.9. The van der Waals surface area contributed by atoms with E-state index in [1.54, 1.807) is 18.0 Å². The summed E-state index contributed by atoms with van der Waals surface area (Å²) < 4.78 is 42.8. The van der Waals surface area contributed by atoms with E-state index in [-0.39, 0.29) is 12.1 Å². The molecule has 1 aliphatic heterocycles. The summed E-state index contributed by atoms with van der Waals surface area (Å²) >= 11 is 0. The molecule has 104 valence electrons. The summed E-state index contributed by atoms with van der Waals surface area (Å²) in [7, 11) is 1.71. The Morgan fingerprint density at radius 2 is 2.21 bits per heavy atom. The van der Waals surface area contributed by atoms with Gasteiger partial charge in [0.25, 0.3) is 6.02 Å². The second-order valence-electron chi connectivity index (χ2n) is 4.36. The molecule has 0 bridgehead atoms. The first kappa shape index (κ1) is 13.5. The van der Waals surface area contributed by atoms with Crippen molar-refractivity contribution in [3.8, 4) is 0 Å². The fraction of sp³-hybridized carbons (Fsp3) is 0.417. The molecule has 4 nitrogen and oxygen atoms in total. The zero-order valence-electron chi connectivity index (χ0n) is 10.3. The number of alkyl halides is 3. The lowest BCUT2D eigenvalue weighted by Gasteiger charge is -2.22. The summed E-state index contributed by atoms with van der Waals surface area (Å²) in [5.74, 6) is 0. The van der Waals surface area contributed by atoms with Gasteiger partial charge in [-0.05, 0) is 18.2 Å². The van der Waals surface area contributed by atoms with Crippen molar-refractivity contribution in [2.24, 2.45) is 10.7 Å². The fourth-order valence-corrected chi connectivity index (χ4v) is 1.87. The Bertz CT molecular complexity index is 487. The molecule has 1 heterocycles. The van der Waals surface area contributed by atoms with Crippen molar-refractivity contribution in [3.63, 3.8) is 0 Å². The molecule has 19 heavy (non-hydrogen) atoms. The molecule has 1 aromatic carbocycles. The first-order chi connectivity index (χ1) is 8.86. The van der Waals surface area contributed by atoms with Gasteiger partial charge in [0.2, 0.25) is 0 Å². The zero-order valence-corrected chi connectivity index (χ0v) is 10.3. The van der Waals surface area contributed by atoms with Gasteiger partial charge in [0.05, 0.1) is 5.56 Å². The number of benzene rings is 1. The third kappa shape index (κ3) is 3.30. The number of rotatable bonds is 3. The highest BCUT2D eigenvalue weighted by molar-refractivity contribution is 5.73. The summed E-state index contributed by atoms with van der Waals surface area (Å²) in [5, 5.41) is 0. The average molecular weight is 273 g/mol. The van der Waals surface area contributed by atoms with Crippen molar-refractivity contribution in [1.82, 2.24) is 0 Å². The van der Waals surface area contributed by atoms with Gasteiger partial charge in [0, 0.05) is 19.3 Å². The Morgan fingerprint density at radius 3 is 2.79 bits per heavy atom. The fourth-order valence-electron chi connectivity index (χ4n) is 1.87. The van der Waals surface area contributed by atoms with Crippen LogP contribution in [0.25, 0.3) is 0 Å². The highest BCUT2D eigenvalue weighted by atomic mass is 19.4. The molecular weight excluding hydrogens is 259 g/mol. The predicted molar refractivity (Wildman–Crippen MR) is 66.1 cm³/mol. The van der Waals surface area contributed by atoms with Gasteiger partial charge < -0.3 is 15.4 Å². The van der Waals surface area contributed by atoms with Crippen LogP contribution < -0.4 is 10.6 Å². The van der Waals surface area contributed by atoms with E-state index < -0.39 is 11.7 Å². The Morgan fingerprint density at radius 1 is 1.47 bits per heavy atom. The summed E-state index contributed by atoms with van der Waals surface area (Å²) in [6, 6.07) is 5.15. The van der Waals surface area contributed by atoms with Crippen LogP contribution in [0.1, 0.15) is 5.56 Å². The van der Waals surface area contributed by atoms with Gasteiger partial charge >= 0.3 is 6.18 Å². The van der Waals surface area contributed by atoms with Crippen molar-refractivity contribution in [2.45, 2.75) is 12.2 Å². The van der Waals surface area contributed by atoms with Crippen LogP contribution in [0.5, 0.6) is 0 Å². The van der Waals surface area contributed by atoms with Crippen LogP contribution in [-0.2, 0) is 10.9 Å². The van der Waals surface area contributed by atoms with E-state index >= 15 is 0 Å². The summed E-state index contributed by atoms with van der Waals surface area (Å²) in [4.78, 5) is 5.73. The maximum atomic E-state index is 12.6. The molecule has 0 radical (unpaired) electrons. The van der Waals surface area contributed by atoms with Crippen LogP contribution in [0.4, 0.5) is 18.9 Å². The zero-order chi connectivity index (χ0) is 14.0. The number of hydrogen-bond acceptors (Lipinski definition) is 4. The molecule has 0 aromatic heterocycles. The number of nitrogens with two attached hydrogens (primary N) is 1. The predicted octanol–water partition coefficient (Wildman–Crippen LogP) is 1.86. The molecule has 7 heteroatoms. The second kappa shape index (κ2) is 4.99. The first-order valence-corrected chi connectivity index (χ1v) is 5.71. The Kier molecular flexibility index (Phi) is 3.55. The van der Waals surface area contributed by atoms with Gasteiger partial charge in [0.15, 0.2) is 0 Å². The highest BCUT2D eigenvalue weighted by Gasteiger charge is 2.30. The van der Waals surface area contributed by atoms with Crippen LogP contribution in [0.2, 0.25) is 0 Å². The number of hydrogen-bond donors (Lipinski definition) is 1. The van der Waals surface area contributed by atoms with Crippen LogP contribution in [0.3, 0.4) is 0 Å². The topological polar surface area (TPSA) is 50.9 Å². The van der Waals surface area contributed by atoms with Gasteiger partial charge in [-0.15, -0.1) is 0 Å². The monoisotopic (exact) mass is 273 g/mol. The highest BCUT2D eigenvalue weighted by Crippen LogP contribution is 2.31. The molecular formula is C12H14F3N3O. The molecule has 2 N–H and O–H groups in total. The molecule has 1 aliphatic rings. The second-order valence-corrected chi connectivity index (χ2v) is 4.36. The van der Waals surface area contributed by atoms with E-state index in [4.69, 9.17) is 10.5 Å². The van der Waals surface area contributed by atoms with Crippen LogP contribution >= 0.6 is 0 Å². The third-order valence-electron chi connectivity index (χ3n) is 2.83. The van der Waals surface area contributed by atoms with Crippen molar-refractivity contribution in [3.05, 3.63) is 29.8 Å². The van der Waals surface area contributed by atoms with Gasteiger partial charge in [-0.2, -0.15) is 13.2 Å². The van der Waals surface area contributed by atoms with Gasteiger partial charge in [-0.25, -0.2) is 4.99 Å². The molecule has 0 aliphatic carbocycles. The Balaban J connectivity index is 2.09. The van der Waals surface area contributed by atoms with Crippen molar-refractivity contribution in [2.75, 3.05) is 25.1 Å². The van der Waals surface area contributed by atoms with E-state index in [0.29, 0.717) is 18.8 Å². The van der Waals surface area contributed by atoms with Crippen LogP contribution in [0, 0.1) is 0 Å². The maximum Gasteiger partial charge on any atom is 0.416 e. The molecule has 1 aromatic rings. The van der Waals surface area contributed by atoms with Gasteiger partial charge in [-0.3, -0.25) is 0 Å². The number of halogens is 3. The molecule has 0 saturated heterocycles. The van der Waals surface area contributed by atoms with E-state index in [1.165, 1.54) is 6.07 Å². The molecule has 0 spiro atoms. The van der Waals surface area contributed by atoms with Crippen LogP contribution in [0.15, 0.2) is 29.3 Å². The lowest BCUT2D eigenvalue weighted by atomic mass is 10.1. The quantitative estimate of drug-likeness (QED) is 0.914. The third-order valence-corrected chi connectivity index (χ3v) is 2.83. The van der Waals surface area contributed by atoms with E-state index in [1.807, 2.05) is 0 Å². The first-order valence-electron chi connectivity index (χ1n) is 5.71. The number of aliphatic imine (C=N–C) groups is 1. The van der Waals surface area contributed by atoms with Crippen molar-refractivity contribution in [1.29, 1.82) is 0 Å². The lowest BCUT2D eigenvalue weighted by Crippen LogP contribution is -2.29. The van der Waals surface area contributed by atoms with Gasteiger partial charge in [-0.1, -0.05) is 6.07 Å². The summed E-state index contributed by atoms with van der Waals surface area (Å²) in [6.45, 7) is 0.803. The van der Waals surface area contributed by atoms with E-state index in [9.17, 15) is 13.2 Å². The standard InChI is InChI=1S/C12H14F3N3O/c1-18(6-9-7-19-11(16)17-9)10-4-2-3-8(5-10)12(13,14)15/h2-5,9H,6-7H2,1H3,(H2,16,17). The minimum absolute atomic E-state index is 0.127. The minimum Gasteiger partial charge on any atom is -0.463 e. The summed E-state index contributed by atoms with van der Waals surface area (Å²) in [5.41, 5.74) is 5.20. The van der Waals surface area contributed by atoms with Crippen LogP contribution in [-0.4, -0.2) is 32.3 Å². The number of ether oxygens (including phenoxy) is 1. The molecule has 2 rings (SSSR count). The Labute approximate surface area is 108 Å². The number of amidine groups is 1. The number of likely N-dealkylation sites (N-methyl/N-ethyl adjacent to an activating group) is 1. The smallest absolute Gasteiger partial charge is 0.416 e. The number of nitrogens with zero attached hydrogens (tertiary/aromatic N) is 2. The molecule has 0 saturated carbocycles. The summed E-state index contributed by atoms with van der Waals surface area (Å²) in [6.07, 6.45) is -4.34. The van der Waals surface area contributed by atoms with E-state index in [2.05, 4.69) is 4.99 Å².